The van der Waals surface area contributed by atoms with Crippen molar-refractivity contribution in [1.29, 1.82) is 0 Å². The molecule has 5 nitrogen and oxygen atoms in total. The van der Waals surface area contributed by atoms with Crippen LogP contribution in [0.25, 0.3) is 0 Å². The van der Waals surface area contributed by atoms with E-state index in [0.29, 0.717) is 12.2 Å². The number of carbonyl (C=O) groups excluding carboxylic acids is 1. The first kappa shape index (κ1) is 17.2. The van der Waals surface area contributed by atoms with Crippen molar-refractivity contribution in [2.75, 3.05) is 22.9 Å². The number of aromatic nitrogens is 2. The molecule has 0 spiro atoms. The smallest absolute Gasteiger partial charge is 0.278 e. The molecule has 3 aromatic rings. The van der Waals surface area contributed by atoms with Gasteiger partial charge in [0.1, 0.15) is 11.5 Å². The summed E-state index contributed by atoms with van der Waals surface area (Å²) in [6.07, 6.45) is 4.29. The molecule has 0 saturated heterocycles. The number of nitrogens with zero attached hydrogens (tertiary/aromatic N) is 4. The third kappa shape index (κ3) is 3.53. The molecule has 1 aliphatic heterocycles. The Labute approximate surface area is 159 Å². The maximum atomic E-state index is 12.8. The van der Waals surface area contributed by atoms with Crippen molar-refractivity contribution in [2.24, 2.45) is 0 Å². The van der Waals surface area contributed by atoms with Gasteiger partial charge < -0.3 is 9.80 Å². The van der Waals surface area contributed by atoms with Crippen LogP contribution in [0.5, 0.6) is 0 Å². The van der Waals surface area contributed by atoms with E-state index in [9.17, 15) is 4.79 Å². The van der Waals surface area contributed by atoms with Gasteiger partial charge >= 0.3 is 0 Å². The molecule has 0 bridgehead atoms. The fourth-order valence-corrected chi connectivity index (χ4v) is 3.48. The van der Waals surface area contributed by atoms with Crippen LogP contribution in [0.4, 0.5) is 11.5 Å². The molecule has 0 saturated carbocycles. The number of amides is 1. The van der Waals surface area contributed by atoms with Gasteiger partial charge in [0, 0.05) is 25.3 Å². The highest BCUT2D eigenvalue weighted by Crippen LogP contribution is 2.23. The van der Waals surface area contributed by atoms with Crippen LogP contribution in [-0.2, 0) is 13.0 Å². The van der Waals surface area contributed by atoms with Crippen LogP contribution in [0.2, 0.25) is 0 Å². The molecule has 1 amide bonds. The molecule has 0 unspecified atom stereocenters. The molecular weight excluding hydrogens is 336 g/mol. The summed E-state index contributed by atoms with van der Waals surface area (Å²) >= 11 is 0. The summed E-state index contributed by atoms with van der Waals surface area (Å²) in [5.74, 6) is 0.676. The first-order chi connectivity index (χ1) is 13.3. The van der Waals surface area contributed by atoms with E-state index in [1.54, 1.807) is 17.3 Å². The third-order valence-electron chi connectivity index (χ3n) is 4.94. The largest absolute Gasteiger partial charge is 0.351 e. The zero-order chi connectivity index (χ0) is 18.6. The summed E-state index contributed by atoms with van der Waals surface area (Å²) in [7, 11) is 0. The molecule has 2 heterocycles. The number of hydrogen-bond donors (Lipinski definition) is 0. The lowest BCUT2D eigenvalue weighted by Crippen LogP contribution is -2.33. The molecule has 5 heteroatoms. The van der Waals surface area contributed by atoms with Crippen molar-refractivity contribution in [2.45, 2.75) is 19.9 Å². The molecule has 2 aromatic carbocycles. The predicted molar refractivity (Wildman–Crippen MR) is 107 cm³/mol. The van der Waals surface area contributed by atoms with E-state index < -0.39 is 0 Å². The fourth-order valence-electron chi connectivity index (χ4n) is 3.48. The van der Waals surface area contributed by atoms with Gasteiger partial charge in [-0.25, -0.2) is 9.97 Å². The van der Waals surface area contributed by atoms with Crippen molar-refractivity contribution >= 4 is 17.4 Å². The topological polar surface area (TPSA) is 49.3 Å². The highest BCUT2D eigenvalue weighted by Gasteiger charge is 2.20. The van der Waals surface area contributed by atoms with Crippen molar-refractivity contribution in [3.8, 4) is 0 Å². The average molecular weight is 358 g/mol. The lowest BCUT2D eigenvalue weighted by atomic mass is 10.0. The molecule has 0 aliphatic carbocycles. The lowest BCUT2D eigenvalue weighted by Gasteiger charge is -2.29. The fraction of sp³-hybridized carbons (Fsp3) is 0.227. The minimum atomic E-state index is -0.133. The molecule has 1 aromatic heterocycles. The predicted octanol–water partition coefficient (Wildman–Crippen LogP) is 3.71. The summed E-state index contributed by atoms with van der Waals surface area (Å²) < 4.78 is 0. The summed E-state index contributed by atoms with van der Waals surface area (Å²) in [6.45, 7) is 4.26. The summed E-state index contributed by atoms with van der Waals surface area (Å²) in [4.78, 5) is 25.7. The van der Waals surface area contributed by atoms with E-state index in [4.69, 9.17) is 0 Å². The van der Waals surface area contributed by atoms with Gasteiger partial charge in [0.15, 0.2) is 0 Å². The normalized spacial score (nSPS) is 13.1. The second kappa shape index (κ2) is 7.58. The molecule has 27 heavy (non-hydrogen) atoms. The number of hydrogen-bond acceptors (Lipinski definition) is 4. The van der Waals surface area contributed by atoms with Gasteiger partial charge in [0.25, 0.3) is 5.91 Å². The lowest BCUT2D eigenvalue weighted by molar-refractivity contribution is 0.0983. The Kier molecular flexibility index (Phi) is 4.83. The SMILES string of the molecule is CCN(C(=O)c1cnc(N2CCc3ccccc3C2)cn1)c1ccccc1. The maximum absolute atomic E-state index is 12.8. The number of rotatable bonds is 4. The van der Waals surface area contributed by atoms with E-state index in [1.807, 2.05) is 37.3 Å². The number of anilines is 2. The van der Waals surface area contributed by atoms with Gasteiger partial charge in [-0.15, -0.1) is 0 Å². The summed E-state index contributed by atoms with van der Waals surface area (Å²) in [5, 5.41) is 0. The van der Waals surface area contributed by atoms with E-state index in [0.717, 1.165) is 31.0 Å². The quantitative estimate of drug-likeness (QED) is 0.713. The highest BCUT2D eigenvalue weighted by molar-refractivity contribution is 6.04. The second-order valence-electron chi connectivity index (χ2n) is 6.59. The summed E-state index contributed by atoms with van der Waals surface area (Å²) in [5.41, 5.74) is 3.95. The van der Waals surface area contributed by atoms with Gasteiger partial charge in [0.2, 0.25) is 0 Å². The van der Waals surface area contributed by atoms with E-state index in [-0.39, 0.29) is 5.91 Å². The van der Waals surface area contributed by atoms with Gasteiger partial charge in [0.05, 0.1) is 12.4 Å². The highest BCUT2D eigenvalue weighted by atomic mass is 16.2. The van der Waals surface area contributed by atoms with Crippen LogP contribution < -0.4 is 9.80 Å². The molecular formula is C22H22N4O. The Morgan fingerprint density at radius 1 is 1.00 bits per heavy atom. The van der Waals surface area contributed by atoms with Gasteiger partial charge in [-0.3, -0.25) is 4.79 Å². The van der Waals surface area contributed by atoms with E-state index in [2.05, 4.69) is 39.1 Å². The molecule has 4 rings (SSSR count). The molecule has 136 valence electrons. The minimum Gasteiger partial charge on any atom is -0.351 e. The second-order valence-corrected chi connectivity index (χ2v) is 6.59. The van der Waals surface area contributed by atoms with Crippen LogP contribution >= 0.6 is 0 Å². The molecule has 0 radical (unpaired) electrons. The number of benzene rings is 2. The Hall–Kier alpha value is -3.21. The van der Waals surface area contributed by atoms with Crippen LogP contribution in [0, 0.1) is 0 Å². The van der Waals surface area contributed by atoms with E-state index >= 15 is 0 Å². The van der Waals surface area contributed by atoms with Crippen LogP contribution in [0.1, 0.15) is 28.5 Å². The Bertz CT molecular complexity index is 925. The Morgan fingerprint density at radius 3 is 2.44 bits per heavy atom. The Balaban J connectivity index is 1.51. The minimum absolute atomic E-state index is 0.133. The van der Waals surface area contributed by atoms with E-state index in [1.165, 1.54) is 11.1 Å². The molecule has 1 aliphatic rings. The van der Waals surface area contributed by atoms with Crippen LogP contribution in [0.15, 0.2) is 67.0 Å². The van der Waals surface area contributed by atoms with Crippen molar-refractivity contribution < 1.29 is 4.79 Å². The molecule has 0 atom stereocenters. The van der Waals surface area contributed by atoms with Gasteiger partial charge in [-0.2, -0.15) is 0 Å². The molecule has 0 fully saturated rings. The first-order valence-corrected chi connectivity index (χ1v) is 9.27. The van der Waals surface area contributed by atoms with Crippen molar-refractivity contribution in [3.63, 3.8) is 0 Å². The maximum Gasteiger partial charge on any atom is 0.278 e. The van der Waals surface area contributed by atoms with Crippen LogP contribution in [0.3, 0.4) is 0 Å². The zero-order valence-electron chi connectivity index (χ0n) is 15.4. The summed E-state index contributed by atoms with van der Waals surface area (Å²) in [6, 6.07) is 18.1. The number of carbonyl (C=O) groups is 1. The zero-order valence-corrected chi connectivity index (χ0v) is 15.4. The van der Waals surface area contributed by atoms with Gasteiger partial charge in [-0.1, -0.05) is 42.5 Å². The average Bonchev–Trinajstić information content (AvgIpc) is 2.75. The first-order valence-electron chi connectivity index (χ1n) is 9.27. The van der Waals surface area contributed by atoms with Crippen molar-refractivity contribution in [3.05, 3.63) is 83.8 Å². The number of para-hydroxylation sites is 1. The monoisotopic (exact) mass is 358 g/mol. The Morgan fingerprint density at radius 2 is 1.74 bits per heavy atom. The van der Waals surface area contributed by atoms with Crippen molar-refractivity contribution in [1.82, 2.24) is 9.97 Å². The standard InChI is InChI=1S/C22H22N4O/c1-2-26(19-10-4-3-5-11-19)22(27)20-14-24-21(15-23-20)25-13-12-17-8-6-7-9-18(17)16-25/h3-11,14-15H,2,12-13,16H2,1H3. The number of fused-ring (bicyclic) bond motifs is 1. The van der Waals surface area contributed by atoms with Gasteiger partial charge in [-0.05, 0) is 36.6 Å². The molecule has 0 N–H and O–H groups in total. The third-order valence-corrected chi connectivity index (χ3v) is 4.94. The van der Waals surface area contributed by atoms with Crippen LogP contribution in [-0.4, -0.2) is 29.0 Å².